The summed E-state index contributed by atoms with van der Waals surface area (Å²) in [6.45, 7) is 3.83. The monoisotopic (exact) mass is 338 g/mol. The number of anilines is 1. The number of aromatic nitrogens is 1. The number of fused-ring (bicyclic) bond motifs is 1. The molecule has 0 spiro atoms. The molecule has 0 radical (unpaired) electrons. The van der Waals surface area contributed by atoms with Crippen molar-refractivity contribution in [1.82, 2.24) is 14.8 Å². The Morgan fingerprint density at radius 1 is 1.45 bits per heavy atom. The highest BCUT2D eigenvalue weighted by atomic mass is 79.9. The van der Waals surface area contributed by atoms with Gasteiger partial charge in [-0.25, -0.2) is 4.98 Å². The summed E-state index contributed by atoms with van der Waals surface area (Å²) >= 11 is 3.39. The first kappa shape index (κ1) is 13.8. The SMILES string of the molecule is CNc1ncc(Br)cc1C(=O)N1CCN2CCCC2C1. The highest BCUT2D eigenvalue weighted by molar-refractivity contribution is 9.10. The van der Waals surface area contributed by atoms with Crippen LogP contribution in [0, 0.1) is 0 Å². The minimum atomic E-state index is 0.0784. The van der Waals surface area contributed by atoms with Crippen LogP contribution in [-0.4, -0.2) is 60.0 Å². The highest BCUT2D eigenvalue weighted by Gasteiger charge is 2.33. The van der Waals surface area contributed by atoms with Gasteiger partial charge in [-0.2, -0.15) is 0 Å². The van der Waals surface area contributed by atoms with Gasteiger partial charge in [0.15, 0.2) is 0 Å². The summed E-state index contributed by atoms with van der Waals surface area (Å²) in [5, 5.41) is 3.00. The number of amides is 1. The molecule has 2 aliphatic heterocycles. The number of nitrogens with one attached hydrogen (secondary N) is 1. The van der Waals surface area contributed by atoms with Crippen molar-refractivity contribution in [3.8, 4) is 0 Å². The maximum absolute atomic E-state index is 12.7. The molecule has 0 aromatic carbocycles. The summed E-state index contributed by atoms with van der Waals surface area (Å²) in [6, 6.07) is 2.40. The van der Waals surface area contributed by atoms with Crippen LogP contribution in [0.3, 0.4) is 0 Å². The summed E-state index contributed by atoms with van der Waals surface area (Å²) in [5.74, 6) is 0.724. The third kappa shape index (κ3) is 2.54. The molecule has 3 heterocycles. The molecule has 2 fully saturated rings. The quantitative estimate of drug-likeness (QED) is 0.893. The largest absolute Gasteiger partial charge is 0.372 e. The van der Waals surface area contributed by atoms with Gasteiger partial charge in [-0.3, -0.25) is 9.69 Å². The van der Waals surface area contributed by atoms with Gasteiger partial charge in [0.05, 0.1) is 5.56 Å². The lowest BCUT2D eigenvalue weighted by molar-refractivity contribution is 0.0572. The first-order valence-corrected chi connectivity index (χ1v) is 7.85. The maximum atomic E-state index is 12.7. The fourth-order valence-corrected chi connectivity index (χ4v) is 3.48. The van der Waals surface area contributed by atoms with E-state index < -0.39 is 0 Å². The van der Waals surface area contributed by atoms with E-state index in [0.717, 1.165) is 24.1 Å². The molecular formula is C14H19BrN4O. The lowest BCUT2D eigenvalue weighted by Gasteiger charge is -2.37. The van der Waals surface area contributed by atoms with Crippen molar-refractivity contribution >= 4 is 27.7 Å². The predicted molar refractivity (Wildman–Crippen MR) is 82.0 cm³/mol. The lowest BCUT2D eigenvalue weighted by Crippen LogP contribution is -2.52. The number of nitrogens with zero attached hydrogens (tertiary/aromatic N) is 3. The first-order valence-electron chi connectivity index (χ1n) is 7.05. The first-order chi connectivity index (χ1) is 9.69. The molecule has 0 aliphatic carbocycles. The van der Waals surface area contributed by atoms with Gasteiger partial charge >= 0.3 is 0 Å². The molecule has 2 aliphatic rings. The fraction of sp³-hybridized carbons (Fsp3) is 0.571. The van der Waals surface area contributed by atoms with Crippen LogP contribution in [-0.2, 0) is 0 Å². The van der Waals surface area contributed by atoms with Crippen LogP contribution in [0.1, 0.15) is 23.2 Å². The zero-order valence-corrected chi connectivity index (χ0v) is 13.2. The van der Waals surface area contributed by atoms with Gasteiger partial charge in [0.1, 0.15) is 5.82 Å². The van der Waals surface area contributed by atoms with Gasteiger partial charge in [-0.15, -0.1) is 0 Å². The van der Waals surface area contributed by atoms with E-state index in [1.807, 2.05) is 11.0 Å². The van der Waals surface area contributed by atoms with Crippen molar-refractivity contribution in [3.63, 3.8) is 0 Å². The van der Waals surface area contributed by atoms with E-state index >= 15 is 0 Å². The van der Waals surface area contributed by atoms with Gasteiger partial charge in [-0.05, 0) is 41.4 Å². The molecule has 108 valence electrons. The number of halogens is 1. The van der Waals surface area contributed by atoms with Crippen LogP contribution < -0.4 is 5.32 Å². The van der Waals surface area contributed by atoms with Crippen molar-refractivity contribution in [1.29, 1.82) is 0 Å². The molecule has 5 nitrogen and oxygen atoms in total. The molecule has 6 heteroatoms. The summed E-state index contributed by atoms with van der Waals surface area (Å²) in [7, 11) is 1.79. The van der Waals surface area contributed by atoms with Gasteiger partial charge in [0.25, 0.3) is 5.91 Å². The maximum Gasteiger partial charge on any atom is 0.257 e. The zero-order chi connectivity index (χ0) is 14.1. The lowest BCUT2D eigenvalue weighted by atomic mass is 10.1. The van der Waals surface area contributed by atoms with Crippen molar-refractivity contribution in [2.45, 2.75) is 18.9 Å². The topological polar surface area (TPSA) is 48.5 Å². The second-order valence-electron chi connectivity index (χ2n) is 5.38. The van der Waals surface area contributed by atoms with Crippen LogP contribution in [0.15, 0.2) is 16.7 Å². The number of pyridine rings is 1. The van der Waals surface area contributed by atoms with E-state index in [2.05, 4.69) is 31.1 Å². The Morgan fingerprint density at radius 2 is 2.30 bits per heavy atom. The van der Waals surface area contributed by atoms with Crippen molar-refractivity contribution in [2.24, 2.45) is 0 Å². The van der Waals surface area contributed by atoms with E-state index in [-0.39, 0.29) is 5.91 Å². The molecular weight excluding hydrogens is 320 g/mol. The molecule has 0 bridgehead atoms. The summed E-state index contributed by atoms with van der Waals surface area (Å²) < 4.78 is 0.833. The number of hydrogen-bond acceptors (Lipinski definition) is 4. The molecule has 1 N–H and O–H groups in total. The average molecular weight is 339 g/mol. The Bertz CT molecular complexity index is 522. The number of hydrogen-bond donors (Lipinski definition) is 1. The minimum Gasteiger partial charge on any atom is -0.372 e. The summed E-state index contributed by atoms with van der Waals surface area (Å²) in [6.07, 6.45) is 4.17. The molecule has 20 heavy (non-hydrogen) atoms. The smallest absolute Gasteiger partial charge is 0.257 e. The van der Waals surface area contributed by atoms with E-state index in [0.29, 0.717) is 17.4 Å². The average Bonchev–Trinajstić information content (AvgIpc) is 2.93. The van der Waals surface area contributed by atoms with E-state index in [4.69, 9.17) is 0 Å². The standard InChI is InChI=1S/C14H19BrN4O/c1-16-13-12(7-10(15)8-17-13)14(20)19-6-5-18-4-2-3-11(18)9-19/h7-8,11H,2-6,9H2,1H3,(H,16,17). The Morgan fingerprint density at radius 3 is 3.10 bits per heavy atom. The third-order valence-electron chi connectivity index (χ3n) is 4.20. The molecule has 1 atom stereocenters. The second-order valence-corrected chi connectivity index (χ2v) is 6.30. The minimum absolute atomic E-state index is 0.0784. The molecule has 1 aromatic rings. The molecule has 2 saturated heterocycles. The summed E-state index contributed by atoms with van der Waals surface area (Å²) in [4.78, 5) is 21.5. The van der Waals surface area contributed by atoms with Gasteiger partial charge in [-0.1, -0.05) is 0 Å². The third-order valence-corrected chi connectivity index (χ3v) is 4.63. The van der Waals surface area contributed by atoms with Crippen LogP contribution in [0.2, 0.25) is 0 Å². The van der Waals surface area contributed by atoms with Crippen LogP contribution in [0.4, 0.5) is 5.82 Å². The fourth-order valence-electron chi connectivity index (χ4n) is 3.15. The molecule has 1 aromatic heterocycles. The Balaban J connectivity index is 1.80. The zero-order valence-electron chi connectivity index (χ0n) is 11.6. The van der Waals surface area contributed by atoms with Gasteiger partial charge in [0, 0.05) is 43.4 Å². The predicted octanol–water partition coefficient (Wildman–Crippen LogP) is 1.81. The molecule has 1 amide bonds. The highest BCUT2D eigenvalue weighted by Crippen LogP contribution is 2.25. The van der Waals surface area contributed by atoms with E-state index in [1.165, 1.54) is 19.4 Å². The Kier molecular flexibility index (Phi) is 3.94. The number of carbonyl (C=O) groups is 1. The molecule has 1 unspecified atom stereocenters. The van der Waals surface area contributed by atoms with Gasteiger partial charge < -0.3 is 10.2 Å². The Hall–Kier alpha value is -1.14. The summed E-state index contributed by atoms with van der Waals surface area (Å²) in [5.41, 5.74) is 0.647. The molecule has 3 rings (SSSR count). The van der Waals surface area contributed by atoms with Crippen LogP contribution >= 0.6 is 15.9 Å². The van der Waals surface area contributed by atoms with Crippen molar-refractivity contribution in [3.05, 3.63) is 22.3 Å². The number of carbonyl (C=O) groups excluding carboxylic acids is 1. The Labute approximate surface area is 127 Å². The second kappa shape index (κ2) is 5.69. The van der Waals surface area contributed by atoms with E-state index in [1.54, 1.807) is 13.2 Å². The van der Waals surface area contributed by atoms with E-state index in [9.17, 15) is 4.79 Å². The number of rotatable bonds is 2. The van der Waals surface area contributed by atoms with Crippen molar-refractivity contribution < 1.29 is 4.79 Å². The van der Waals surface area contributed by atoms with Crippen molar-refractivity contribution in [2.75, 3.05) is 38.5 Å². The molecule has 0 saturated carbocycles. The number of piperazine rings is 1. The van der Waals surface area contributed by atoms with Crippen LogP contribution in [0.25, 0.3) is 0 Å². The van der Waals surface area contributed by atoms with Gasteiger partial charge in [0.2, 0.25) is 0 Å². The normalized spacial score (nSPS) is 22.7. The van der Waals surface area contributed by atoms with Crippen LogP contribution in [0.5, 0.6) is 0 Å².